The van der Waals surface area contributed by atoms with Crippen molar-refractivity contribution in [3.05, 3.63) is 94.7 Å². The first-order chi connectivity index (χ1) is 15.9. The average Bonchev–Trinajstić information content (AvgIpc) is 3.16. The smallest absolute Gasteiger partial charge is 0.352 e. The molecule has 2 atom stereocenters. The third-order valence-corrected chi connectivity index (χ3v) is 5.77. The zero-order valence-electron chi connectivity index (χ0n) is 18.1. The van der Waals surface area contributed by atoms with Crippen LogP contribution in [-0.2, 0) is 13.0 Å². The predicted octanol–water partition coefficient (Wildman–Crippen LogP) is 4.09. The minimum Gasteiger partial charge on any atom is -0.477 e. The Morgan fingerprint density at radius 1 is 1.12 bits per heavy atom. The number of fused-ring (bicyclic) bond motifs is 1. The Bertz CT molecular complexity index is 1260. The summed E-state index contributed by atoms with van der Waals surface area (Å²) in [5.74, 6) is -0.439. The lowest BCUT2D eigenvalue weighted by molar-refractivity contribution is 0.0686. The number of aromatic nitrogens is 3. The van der Waals surface area contributed by atoms with E-state index in [2.05, 4.69) is 22.2 Å². The molecule has 8 heteroatoms. The molecule has 2 aromatic heterocycles. The van der Waals surface area contributed by atoms with Gasteiger partial charge >= 0.3 is 5.97 Å². The molecule has 0 aliphatic rings. The summed E-state index contributed by atoms with van der Waals surface area (Å²) in [5, 5.41) is 24.9. The summed E-state index contributed by atoms with van der Waals surface area (Å²) in [6.07, 6.45) is 3.36. The summed E-state index contributed by atoms with van der Waals surface area (Å²) in [6, 6.07) is 16.7. The van der Waals surface area contributed by atoms with Crippen molar-refractivity contribution in [2.75, 3.05) is 6.54 Å². The Balaban J connectivity index is 1.47. The molecule has 0 saturated heterocycles. The summed E-state index contributed by atoms with van der Waals surface area (Å²) in [4.78, 5) is 20.3. The van der Waals surface area contributed by atoms with Crippen LogP contribution in [0, 0.1) is 0 Å². The third-order valence-electron chi connectivity index (χ3n) is 5.54. The van der Waals surface area contributed by atoms with Crippen LogP contribution in [0.5, 0.6) is 0 Å². The van der Waals surface area contributed by atoms with Crippen molar-refractivity contribution < 1.29 is 15.0 Å². The first-order valence-corrected chi connectivity index (χ1v) is 11.1. The molecule has 0 aliphatic carbocycles. The summed E-state index contributed by atoms with van der Waals surface area (Å²) in [5.41, 5.74) is 2.87. The van der Waals surface area contributed by atoms with Crippen molar-refractivity contribution in [3.63, 3.8) is 0 Å². The number of carboxylic acids is 1. The molecule has 0 aliphatic heterocycles. The minimum atomic E-state index is -0.992. The molecule has 3 N–H and O–H groups in total. The standard InChI is InChI=1S/C25H25ClN4O3/c1-16(29-14-23(31)18-4-2-5-20(26)12-18)10-17-6-7-21-19(11-17)13-22(25(32)33)30(21)15-24-27-8-3-9-28-24/h2-9,11-13,16,23,29,31H,10,14-15H2,1H3,(H,32,33)/t16-,23+/m1/s1. The first kappa shape index (κ1) is 22.9. The van der Waals surface area contributed by atoms with Gasteiger partial charge in [0.2, 0.25) is 0 Å². The van der Waals surface area contributed by atoms with Crippen LogP contribution in [0.25, 0.3) is 10.9 Å². The summed E-state index contributed by atoms with van der Waals surface area (Å²) in [6.45, 7) is 2.74. The molecule has 7 nitrogen and oxygen atoms in total. The molecule has 0 unspecified atom stereocenters. The maximum absolute atomic E-state index is 11.8. The Morgan fingerprint density at radius 2 is 1.91 bits per heavy atom. The van der Waals surface area contributed by atoms with E-state index in [4.69, 9.17) is 11.6 Å². The zero-order chi connectivity index (χ0) is 23.4. The number of carbonyl (C=O) groups is 1. The number of nitrogens with zero attached hydrogens (tertiary/aromatic N) is 3. The topological polar surface area (TPSA) is 100 Å². The van der Waals surface area contributed by atoms with Crippen LogP contribution in [0.2, 0.25) is 5.02 Å². The Morgan fingerprint density at radius 3 is 2.64 bits per heavy atom. The van der Waals surface area contributed by atoms with Crippen molar-refractivity contribution in [2.24, 2.45) is 0 Å². The maximum Gasteiger partial charge on any atom is 0.352 e. The van der Waals surface area contributed by atoms with Gasteiger partial charge in [-0.05, 0) is 60.9 Å². The number of rotatable bonds is 9. The molecule has 33 heavy (non-hydrogen) atoms. The summed E-state index contributed by atoms with van der Waals surface area (Å²) in [7, 11) is 0. The predicted molar refractivity (Wildman–Crippen MR) is 128 cm³/mol. The van der Waals surface area contributed by atoms with Crippen LogP contribution in [0.3, 0.4) is 0 Å². The van der Waals surface area contributed by atoms with Gasteiger partial charge in [0, 0.05) is 40.9 Å². The molecule has 0 bridgehead atoms. The average molecular weight is 465 g/mol. The molecule has 0 radical (unpaired) electrons. The number of aliphatic hydroxyl groups excluding tert-OH is 1. The van der Waals surface area contributed by atoms with E-state index >= 15 is 0 Å². The van der Waals surface area contributed by atoms with Crippen LogP contribution in [0.4, 0.5) is 0 Å². The number of benzene rings is 2. The molecular weight excluding hydrogens is 440 g/mol. The number of hydrogen-bond donors (Lipinski definition) is 3. The van der Waals surface area contributed by atoms with Crippen molar-refractivity contribution in [2.45, 2.75) is 32.0 Å². The Labute approximate surface area is 196 Å². The lowest BCUT2D eigenvalue weighted by Gasteiger charge is -2.18. The van der Waals surface area contributed by atoms with Gasteiger partial charge in [-0.2, -0.15) is 0 Å². The van der Waals surface area contributed by atoms with Gasteiger partial charge in [-0.3, -0.25) is 0 Å². The number of aromatic carboxylic acids is 1. The molecule has 2 aromatic carbocycles. The molecular formula is C25H25ClN4O3. The second-order valence-electron chi connectivity index (χ2n) is 8.06. The number of aliphatic hydroxyl groups is 1. The Hall–Kier alpha value is -3.26. The van der Waals surface area contributed by atoms with Crippen LogP contribution in [0.1, 0.15) is 40.5 Å². The SMILES string of the molecule is C[C@H](Cc1ccc2c(c1)cc(C(=O)O)n2Cc1ncccn1)NC[C@H](O)c1cccc(Cl)c1. The summed E-state index contributed by atoms with van der Waals surface area (Å²) < 4.78 is 1.72. The van der Waals surface area contributed by atoms with E-state index in [0.29, 0.717) is 17.4 Å². The van der Waals surface area contributed by atoms with E-state index in [0.717, 1.165) is 28.5 Å². The van der Waals surface area contributed by atoms with Gasteiger partial charge in [-0.25, -0.2) is 14.8 Å². The summed E-state index contributed by atoms with van der Waals surface area (Å²) >= 11 is 6.01. The van der Waals surface area contributed by atoms with Crippen LogP contribution in [-0.4, -0.2) is 43.3 Å². The van der Waals surface area contributed by atoms with Gasteiger partial charge in [-0.15, -0.1) is 0 Å². The van der Waals surface area contributed by atoms with Gasteiger partial charge in [0.15, 0.2) is 0 Å². The van der Waals surface area contributed by atoms with E-state index in [1.165, 1.54) is 0 Å². The van der Waals surface area contributed by atoms with Crippen molar-refractivity contribution >= 4 is 28.5 Å². The van der Waals surface area contributed by atoms with Crippen molar-refractivity contribution in [1.29, 1.82) is 0 Å². The molecule has 0 spiro atoms. The second-order valence-corrected chi connectivity index (χ2v) is 8.50. The monoisotopic (exact) mass is 464 g/mol. The second kappa shape index (κ2) is 10.1. The quantitative estimate of drug-likeness (QED) is 0.345. The number of halogens is 1. The zero-order valence-corrected chi connectivity index (χ0v) is 18.9. The number of hydrogen-bond acceptors (Lipinski definition) is 5. The minimum absolute atomic E-state index is 0.107. The van der Waals surface area contributed by atoms with Gasteiger partial charge < -0.3 is 20.1 Å². The van der Waals surface area contributed by atoms with E-state index in [-0.39, 0.29) is 18.3 Å². The van der Waals surface area contributed by atoms with Gasteiger partial charge in [0.05, 0.1) is 12.6 Å². The van der Waals surface area contributed by atoms with Gasteiger partial charge in [-0.1, -0.05) is 29.8 Å². The molecule has 0 amide bonds. The molecule has 0 saturated carbocycles. The fourth-order valence-electron chi connectivity index (χ4n) is 3.92. The fraction of sp³-hybridized carbons (Fsp3) is 0.240. The first-order valence-electron chi connectivity index (χ1n) is 10.7. The van der Waals surface area contributed by atoms with E-state index in [1.54, 1.807) is 41.2 Å². The normalized spacial score (nSPS) is 13.2. The largest absolute Gasteiger partial charge is 0.477 e. The van der Waals surface area contributed by atoms with E-state index in [9.17, 15) is 15.0 Å². The van der Waals surface area contributed by atoms with E-state index in [1.807, 2.05) is 30.3 Å². The molecule has 4 aromatic rings. The lowest BCUT2D eigenvalue weighted by atomic mass is 10.0. The Kier molecular flexibility index (Phi) is 7.03. The molecule has 170 valence electrons. The molecule has 0 fully saturated rings. The number of nitrogens with one attached hydrogen (secondary N) is 1. The fourth-order valence-corrected chi connectivity index (χ4v) is 4.12. The molecule has 2 heterocycles. The highest BCUT2D eigenvalue weighted by Gasteiger charge is 2.17. The van der Waals surface area contributed by atoms with Crippen molar-refractivity contribution in [3.8, 4) is 0 Å². The van der Waals surface area contributed by atoms with Crippen LogP contribution < -0.4 is 5.32 Å². The highest BCUT2D eigenvalue weighted by molar-refractivity contribution is 6.30. The highest BCUT2D eigenvalue weighted by Crippen LogP contribution is 2.23. The third kappa shape index (κ3) is 5.57. The van der Waals surface area contributed by atoms with Crippen LogP contribution >= 0.6 is 11.6 Å². The van der Waals surface area contributed by atoms with E-state index < -0.39 is 12.1 Å². The van der Waals surface area contributed by atoms with Crippen LogP contribution in [0.15, 0.2) is 67.0 Å². The van der Waals surface area contributed by atoms with Gasteiger partial charge in [0.25, 0.3) is 0 Å². The lowest BCUT2D eigenvalue weighted by Crippen LogP contribution is -2.32. The van der Waals surface area contributed by atoms with Gasteiger partial charge in [0.1, 0.15) is 11.5 Å². The maximum atomic E-state index is 11.8. The molecule has 4 rings (SSSR count). The highest BCUT2D eigenvalue weighted by atomic mass is 35.5. The van der Waals surface area contributed by atoms with Crippen molar-refractivity contribution in [1.82, 2.24) is 19.9 Å². The number of carboxylic acid groups (broad SMARTS) is 1.